The highest BCUT2D eigenvalue weighted by molar-refractivity contribution is 6.23. The van der Waals surface area contributed by atoms with Crippen LogP contribution in [0.2, 0.25) is 0 Å². The number of ketones is 2. The van der Waals surface area contributed by atoms with Crippen LogP contribution in [0.4, 0.5) is 9.18 Å². The molecule has 2 bridgehead atoms. The lowest BCUT2D eigenvalue weighted by Gasteiger charge is -2.30. The number of allylic oxidation sites excluding steroid dienone is 4. The highest BCUT2D eigenvalue weighted by Gasteiger charge is 2.33. The molecule has 2 rings (SSSR count). The summed E-state index contributed by atoms with van der Waals surface area (Å²) in [4.78, 5) is 51.1. The third-order valence-corrected chi connectivity index (χ3v) is 7.19. The van der Waals surface area contributed by atoms with Crippen LogP contribution in [0.25, 0.3) is 0 Å². The van der Waals surface area contributed by atoms with E-state index in [1.54, 1.807) is 26.0 Å². The largest absolute Gasteiger partial charge is 0.439 e. The lowest BCUT2D eigenvalue weighted by Crippen LogP contribution is -2.38. The number of fused-ring (bicyclic) bond motifs is 2. The minimum absolute atomic E-state index is 0.0175. The first kappa shape index (κ1) is 34.6. The monoisotopic (exact) mass is 591 g/mol. The van der Waals surface area contributed by atoms with Gasteiger partial charge in [-0.15, -0.1) is 0 Å². The molecule has 12 heteroatoms. The Kier molecular flexibility index (Phi) is 13.3. The Morgan fingerprint density at radius 2 is 1.88 bits per heavy atom. The zero-order valence-electron chi connectivity index (χ0n) is 24.9. The highest BCUT2D eigenvalue weighted by atomic mass is 19.1. The summed E-state index contributed by atoms with van der Waals surface area (Å²) in [6, 6.07) is 0. The summed E-state index contributed by atoms with van der Waals surface area (Å²) in [5, 5.41) is 16.4. The summed E-state index contributed by atoms with van der Waals surface area (Å²) in [7, 11) is 2.87. The number of aliphatic hydroxyl groups excluding tert-OH is 1. The van der Waals surface area contributed by atoms with Crippen LogP contribution in [-0.2, 0) is 28.6 Å². The molecule has 1 heterocycles. The first-order chi connectivity index (χ1) is 19.8. The molecule has 6 atom stereocenters. The number of carbonyl (C=O) groups excluding carboxylic acids is 4. The Morgan fingerprint density at radius 1 is 1.19 bits per heavy atom. The topological polar surface area (TPSA) is 166 Å². The molecule has 0 aromatic carbocycles. The molecule has 0 fully saturated rings. The van der Waals surface area contributed by atoms with Crippen LogP contribution >= 0.6 is 0 Å². The zero-order valence-corrected chi connectivity index (χ0v) is 24.9. The lowest BCUT2D eigenvalue weighted by molar-refractivity contribution is -0.120. The number of amides is 2. The van der Waals surface area contributed by atoms with Gasteiger partial charge in [-0.2, -0.15) is 0 Å². The molecule has 2 aliphatic rings. The van der Waals surface area contributed by atoms with E-state index in [1.165, 1.54) is 33.3 Å². The number of carbonyl (C=O) groups is 4. The van der Waals surface area contributed by atoms with E-state index >= 15 is 0 Å². The van der Waals surface area contributed by atoms with Crippen molar-refractivity contribution in [3.63, 3.8) is 0 Å². The Morgan fingerprint density at radius 3 is 2.48 bits per heavy atom. The fourth-order valence-corrected chi connectivity index (χ4v) is 4.95. The van der Waals surface area contributed by atoms with Gasteiger partial charge < -0.3 is 35.7 Å². The maximum atomic E-state index is 13.5. The van der Waals surface area contributed by atoms with E-state index in [0.717, 1.165) is 6.08 Å². The van der Waals surface area contributed by atoms with Gasteiger partial charge in [-0.25, -0.2) is 9.18 Å². The van der Waals surface area contributed by atoms with Crippen molar-refractivity contribution in [1.82, 2.24) is 10.6 Å². The second kappa shape index (κ2) is 16.1. The Hall–Kier alpha value is -3.61. The van der Waals surface area contributed by atoms with Crippen LogP contribution in [0.5, 0.6) is 0 Å². The SMILES string of the molecule is COC1/C=C\C=C(/C)C(=O)NC2=CC(=O)C(NCCF)=C(C[C@@H](C)CC(OC)[C@H](O)[C@@H](C)/C=C(\C)C1OC(N)=O)C2=O. The molecule has 232 valence electrons. The van der Waals surface area contributed by atoms with Gasteiger partial charge in [0.1, 0.15) is 12.8 Å². The van der Waals surface area contributed by atoms with E-state index in [0.29, 0.717) is 12.0 Å². The van der Waals surface area contributed by atoms with Crippen molar-refractivity contribution in [3.8, 4) is 0 Å². The number of methoxy groups -OCH3 is 2. The van der Waals surface area contributed by atoms with Crippen molar-refractivity contribution in [2.24, 2.45) is 17.6 Å². The molecule has 0 aromatic heterocycles. The summed E-state index contributed by atoms with van der Waals surface area (Å²) >= 11 is 0. The van der Waals surface area contributed by atoms with Crippen molar-refractivity contribution < 1.29 is 42.9 Å². The number of halogens is 1. The molecule has 2 amide bonds. The maximum Gasteiger partial charge on any atom is 0.405 e. The fraction of sp³-hybridized carbons (Fsp3) is 0.533. The predicted molar refractivity (Wildman–Crippen MR) is 154 cm³/mol. The predicted octanol–water partition coefficient (Wildman–Crippen LogP) is 2.32. The summed E-state index contributed by atoms with van der Waals surface area (Å²) in [5.74, 6) is -2.49. The Labute approximate surface area is 245 Å². The van der Waals surface area contributed by atoms with E-state index in [9.17, 15) is 28.7 Å². The number of nitrogens with two attached hydrogens (primary N) is 1. The van der Waals surface area contributed by atoms with Crippen LogP contribution in [0, 0.1) is 11.8 Å². The number of rotatable bonds is 6. The van der Waals surface area contributed by atoms with E-state index in [-0.39, 0.29) is 41.4 Å². The molecule has 3 unspecified atom stereocenters. The molecule has 0 spiro atoms. The van der Waals surface area contributed by atoms with Crippen molar-refractivity contribution >= 4 is 23.6 Å². The normalized spacial score (nSPS) is 31.7. The first-order valence-electron chi connectivity index (χ1n) is 13.7. The molecular weight excluding hydrogens is 549 g/mol. The summed E-state index contributed by atoms with van der Waals surface area (Å²) in [6.45, 7) is 5.92. The van der Waals surface area contributed by atoms with Crippen LogP contribution in [-0.4, -0.2) is 80.5 Å². The number of Topliss-reactive ketones (excluding diaryl/α,β-unsaturated/α-hetero) is 1. The average Bonchev–Trinajstić information content (AvgIpc) is 2.94. The van der Waals surface area contributed by atoms with E-state index in [4.69, 9.17) is 19.9 Å². The van der Waals surface area contributed by atoms with Crippen molar-refractivity contribution in [2.45, 2.75) is 65.0 Å². The molecule has 11 nitrogen and oxygen atoms in total. The number of primary amides is 1. The molecular formula is C30H42FN3O8. The number of hydrogen-bond acceptors (Lipinski definition) is 9. The van der Waals surface area contributed by atoms with Gasteiger partial charge in [0, 0.05) is 43.9 Å². The van der Waals surface area contributed by atoms with Crippen LogP contribution in [0.3, 0.4) is 0 Å². The molecule has 0 radical (unpaired) electrons. The molecule has 0 aromatic rings. The lowest BCUT2D eigenvalue weighted by atomic mass is 9.85. The van der Waals surface area contributed by atoms with Gasteiger partial charge in [-0.05, 0) is 38.2 Å². The Bertz CT molecular complexity index is 1190. The summed E-state index contributed by atoms with van der Waals surface area (Å²) in [6.07, 6.45) is 3.29. The minimum atomic E-state index is -1.02. The van der Waals surface area contributed by atoms with Gasteiger partial charge in [0.25, 0.3) is 5.91 Å². The summed E-state index contributed by atoms with van der Waals surface area (Å²) < 4.78 is 29.4. The van der Waals surface area contributed by atoms with Crippen LogP contribution < -0.4 is 16.4 Å². The fourth-order valence-electron chi connectivity index (χ4n) is 4.95. The van der Waals surface area contributed by atoms with E-state index < -0.39 is 60.6 Å². The minimum Gasteiger partial charge on any atom is -0.439 e. The second-order valence-electron chi connectivity index (χ2n) is 10.5. The molecule has 1 aliphatic heterocycles. The van der Waals surface area contributed by atoms with Gasteiger partial charge in [0.2, 0.25) is 11.6 Å². The molecule has 0 saturated carbocycles. The first-order valence-corrected chi connectivity index (χ1v) is 13.7. The number of aliphatic hydroxyl groups is 1. The number of ether oxygens (including phenoxy) is 3. The smallest absolute Gasteiger partial charge is 0.405 e. The molecule has 5 N–H and O–H groups in total. The van der Waals surface area contributed by atoms with Gasteiger partial charge in [0.05, 0.1) is 23.6 Å². The highest BCUT2D eigenvalue weighted by Crippen LogP contribution is 2.28. The van der Waals surface area contributed by atoms with Gasteiger partial charge in [0.15, 0.2) is 6.10 Å². The molecule has 1 aliphatic carbocycles. The molecule has 0 saturated heterocycles. The van der Waals surface area contributed by atoms with Crippen LogP contribution in [0.1, 0.15) is 40.5 Å². The van der Waals surface area contributed by atoms with Crippen LogP contribution in [0.15, 0.2) is 58.5 Å². The average molecular weight is 592 g/mol. The zero-order chi connectivity index (χ0) is 31.6. The summed E-state index contributed by atoms with van der Waals surface area (Å²) in [5.41, 5.74) is 5.99. The molecule has 42 heavy (non-hydrogen) atoms. The van der Waals surface area contributed by atoms with Gasteiger partial charge in [-0.1, -0.05) is 38.2 Å². The third-order valence-electron chi connectivity index (χ3n) is 7.19. The number of hydrogen-bond donors (Lipinski definition) is 4. The van der Waals surface area contributed by atoms with Gasteiger partial charge >= 0.3 is 6.09 Å². The Balaban J connectivity index is 2.61. The quantitative estimate of drug-likeness (QED) is 0.268. The van der Waals surface area contributed by atoms with Crippen molar-refractivity contribution in [2.75, 3.05) is 27.4 Å². The van der Waals surface area contributed by atoms with E-state index in [2.05, 4.69) is 10.6 Å². The third kappa shape index (κ3) is 9.20. The van der Waals surface area contributed by atoms with Crippen molar-refractivity contribution in [1.29, 1.82) is 0 Å². The maximum absolute atomic E-state index is 13.5. The standard InChI is InChI=1S/C30H42FN3O8/c1-16-12-20-25(33-11-10-31)22(35)15-21(27(20)37)34-29(38)17(2)8-7-9-23(40-5)28(42-30(32)39)19(4)14-18(3)26(36)24(13-16)41-6/h7-9,14-16,18,23-24,26,28,33,36H,10-13H2,1-6H3,(H2,32,39)(H,34,38)/b9-7-,17-8+,19-14+/t16-,18+,23?,24?,26-,28?/m1/s1. The van der Waals surface area contributed by atoms with Crippen molar-refractivity contribution in [3.05, 3.63) is 58.5 Å². The van der Waals surface area contributed by atoms with E-state index in [1.807, 2.05) is 6.92 Å². The van der Waals surface area contributed by atoms with Gasteiger partial charge in [-0.3, -0.25) is 14.4 Å². The number of nitrogens with one attached hydrogen (secondary N) is 2. The second-order valence-corrected chi connectivity index (χ2v) is 10.5. The number of alkyl halides is 1.